The number of ketones is 1. The van der Waals surface area contributed by atoms with Crippen molar-refractivity contribution in [3.63, 3.8) is 0 Å². The van der Waals surface area contributed by atoms with Crippen molar-refractivity contribution in [2.45, 2.75) is 103 Å². The van der Waals surface area contributed by atoms with Gasteiger partial charge in [-0.05, 0) is 86.4 Å². The maximum atomic E-state index is 13.7. The number of fused-ring (bicyclic) bond motifs is 3. The van der Waals surface area contributed by atoms with E-state index in [0.717, 1.165) is 38.5 Å². The minimum absolute atomic E-state index is 0.0568. The molecule has 2 heterocycles. The lowest BCUT2D eigenvalue weighted by Gasteiger charge is -2.57. The molecule has 4 fully saturated rings. The Balaban J connectivity index is 1.59. The molecular formula is C25H40O4. The molecule has 0 aromatic carbocycles. The Hall–Kier alpha value is -0.900. The normalized spacial score (nSPS) is 45.5. The third-order valence-electron chi connectivity index (χ3n) is 9.39. The van der Waals surface area contributed by atoms with E-state index < -0.39 is 5.60 Å². The van der Waals surface area contributed by atoms with Gasteiger partial charge in [-0.2, -0.15) is 0 Å². The standard InChI is InChI=1S/C25H40O4/c1-16-7-9-21-20-11-10-19(17(2)8-12-23(27)28-4)24(20,3)15-22(26)25(21)13-5-6-18(14-16)29-25/h16-21H,5-15H2,1-4H3/t16-,17+,18+,19-,20+,21-,24+,25-/m0/s1. The summed E-state index contributed by atoms with van der Waals surface area (Å²) in [4.78, 5) is 25.4. The zero-order valence-electron chi connectivity index (χ0n) is 18.9. The third kappa shape index (κ3) is 3.58. The second-order valence-corrected chi connectivity index (χ2v) is 11.0. The second-order valence-electron chi connectivity index (χ2n) is 11.0. The molecule has 0 aromatic heterocycles. The van der Waals surface area contributed by atoms with Crippen molar-refractivity contribution in [2.75, 3.05) is 7.11 Å². The molecule has 0 N–H and O–H groups in total. The summed E-state index contributed by atoms with van der Waals surface area (Å²) < 4.78 is 11.6. The molecule has 4 nitrogen and oxygen atoms in total. The smallest absolute Gasteiger partial charge is 0.305 e. The van der Waals surface area contributed by atoms with Crippen LogP contribution >= 0.6 is 0 Å². The van der Waals surface area contributed by atoms with Crippen LogP contribution in [-0.4, -0.2) is 30.6 Å². The summed E-state index contributed by atoms with van der Waals surface area (Å²) in [6, 6.07) is 0. The SMILES string of the molecule is COC(=O)CC[C@@H](C)[C@@H]1CC[C@@H]2[C@@H]3CC[C@H](C)C[C@H]4CCC[C@@]3(O4)C(=O)C[C@@]21C. The quantitative estimate of drug-likeness (QED) is 0.595. The van der Waals surface area contributed by atoms with Gasteiger partial charge in [0.05, 0.1) is 13.2 Å². The van der Waals surface area contributed by atoms with Gasteiger partial charge in [0.1, 0.15) is 5.60 Å². The van der Waals surface area contributed by atoms with E-state index in [-0.39, 0.29) is 17.5 Å². The summed E-state index contributed by atoms with van der Waals surface area (Å²) in [6.07, 6.45) is 11.4. The van der Waals surface area contributed by atoms with Crippen LogP contribution in [0.5, 0.6) is 0 Å². The van der Waals surface area contributed by atoms with E-state index in [1.165, 1.54) is 26.4 Å². The molecular weight excluding hydrogens is 364 g/mol. The van der Waals surface area contributed by atoms with E-state index in [1.54, 1.807) is 0 Å². The molecule has 8 atom stereocenters. The number of Topliss-reactive ketones (excluding diaryl/α,β-unsaturated/α-hetero) is 1. The number of esters is 1. The molecule has 2 saturated carbocycles. The maximum absolute atomic E-state index is 13.7. The fourth-order valence-electron chi connectivity index (χ4n) is 7.94. The highest BCUT2D eigenvalue weighted by Crippen LogP contribution is 2.64. The number of methoxy groups -OCH3 is 1. The molecule has 2 aliphatic carbocycles. The van der Waals surface area contributed by atoms with Crippen LogP contribution in [0, 0.1) is 35.0 Å². The van der Waals surface area contributed by atoms with Crippen LogP contribution in [0.4, 0.5) is 0 Å². The number of hydrogen-bond acceptors (Lipinski definition) is 4. The molecule has 0 unspecified atom stereocenters. The summed E-state index contributed by atoms with van der Waals surface area (Å²) in [5.41, 5.74) is -0.432. The number of carbonyl (C=O) groups is 2. The molecule has 1 spiro atoms. The monoisotopic (exact) mass is 404 g/mol. The van der Waals surface area contributed by atoms with Gasteiger partial charge in [-0.3, -0.25) is 9.59 Å². The Labute approximate surface area is 176 Å². The average molecular weight is 405 g/mol. The van der Waals surface area contributed by atoms with E-state index in [2.05, 4.69) is 20.8 Å². The van der Waals surface area contributed by atoms with Crippen molar-refractivity contribution in [1.29, 1.82) is 0 Å². The van der Waals surface area contributed by atoms with Crippen molar-refractivity contribution < 1.29 is 19.1 Å². The van der Waals surface area contributed by atoms with Gasteiger partial charge in [0, 0.05) is 12.8 Å². The number of rotatable bonds is 4. The van der Waals surface area contributed by atoms with Crippen molar-refractivity contribution in [1.82, 2.24) is 0 Å². The Kier molecular flexibility index (Phi) is 5.87. The first-order chi connectivity index (χ1) is 13.8. The van der Waals surface area contributed by atoms with Crippen molar-refractivity contribution >= 4 is 11.8 Å². The summed E-state index contributed by atoms with van der Waals surface area (Å²) in [7, 11) is 1.46. The van der Waals surface area contributed by atoms with Crippen LogP contribution in [-0.2, 0) is 19.1 Å². The van der Waals surface area contributed by atoms with E-state index in [4.69, 9.17) is 9.47 Å². The first kappa shape index (κ1) is 21.3. The summed E-state index contributed by atoms with van der Waals surface area (Å²) in [5.74, 6) is 2.89. The topological polar surface area (TPSA) is 52.6 Å². The van der Waals surface area contributed by atoms with Gasteiger partial charge in [0.25, 0.3) is 0 Å². The lowest BCUT2D eigenvalue weighted by Crippen LogP contribution is -2.62. The van der Waals surface area contributed by atoms with Crippen LogP contribution < -0.4 is 0 Å². The van der Waals surface area contributed by atoms with Crippen LogP contribution in [0.15, 0.2) is 0 Å². The average Bonchev–Trinajstić information content (AvgIpc) is 3.02. The second kappa shape index (κ2) is 7.98. The van der Waals surface area contributed by atoms with Crippen LogP contribution in [0.3, 0.4) is 0 Å². The molecule has 29 heavy (non-hydrogen) atoms. The van der Waals surface area contributed by atoms with Gasteiger partial charge in [-0.15, -0.1) is 0 Å². The van der Waals surface area contributed by atoms with Crippen LogP contribution in [0.1, 0.15) is 91.4 Å². The molecule has 0 radical (unpaired) electrons. The fraction of sp³-hybridized carbons (Fsp3) is 0.920. The molecule has 4 rings (SSSR count). The number of ether oxygens (including phenoxy) is 2. The van der Waals surface area contributed by atoms with Crippen LogP contribution in [0.2, 0.25) is 0 Å². The first-order valence-electron chi connectivity index (χ1n) is 12.1. The molecule has 2 saturated heterocycles. The minimum atomic E-state index is -0.489. The predicted molar refractivity (Wildman–Crippen MR) is 112 cm³/mol. The first-order valence-corrected chi connectivity index (χ1v) is 12.1. The van der Waals surface area contributed by atoms with Crippen molar-refractivity contribution in [2.24, 2.45) is 35.0 Å². The van der Waals surface area contributed by atoms with Gasteiger partial charge in [-0.25, -0.2) is 0 Å². The molecule has 4 aliphatic rings. The van der Waals surface area contributed by atoms with Gasteiger partial charge in [-0.1, -0.05) is 27.2 Å². The van der Waals surface area contributed by atoms with E-state index in [9.17, 15) is 9.59 Å². The highest BCUT2D eigenvalue weighted by atomic mass is 16.5. The van der Waals surface area contributed by atoms with Gasteiger partial charge in [0.15, 0.2) is 5.78 Å². The third-order valence-corrected chi connectivity index (χ3v) is 9.39. The fourth-order valence-corrected chi connectivity index (χ4v) is 7.94. The summed E-state index contributed by atoms with van der Waals surface area (Å²) >= 11 is 0. The molecule has 4 heteroatoms. The predicted octanol–water partition coefficient (Wildman–Crippen LogP) is 5.33. The molecule has 0 aromatic rings. The number of carbonyl (C=O) groups excluding carboxylic acids is 2. The highest BCUT2D eigenvalue weighted by molar-refractivity contribution is 5.89. The zero-order valence-corrected chi connectivity index (χ0v) is 18.9. The van der Waals surface area contributed by atoms with Gasteiger partial charge < -0.3 is 9.47 Å². The minimum Gasteiger partial charge on any atom is -0.469 e. The Morgan fingerprint density at radius 3 is 2.72 bits per heavy atom. The van der Waals surface area contributed by atoms with Crippen molar-refractivity contribution in [3.05, 3.63) is 0 Å². The Bertz CT molecular complexity index is 645. The summed E-state index contributed by atoms with van der Waals surface area (Å²) in [5, 5.41) is 0. The van der Waals surface area contributed by atoms with Crippen LogP contribution in [0.25, 0.3) is 0 Å². The molecule has 0 amide bonds. The lowest BCUT2D eigenvalue weighted by molar-refractivity contribution is -0.213. The zero-order chi connectivity index (χ0) is 20.8. The Morgan fingerprint density at radius 1 is 1.21 bits per heavy atom. The van der Waals surface area contributed by atoms with E-state index in [1.807, 2.05) is 0 Å². The highest BCUT2D eigenvalue weighted by Gasteiger charge is 2.64. The summed E-state index contributed by atoms with van der Waals surface area (Å²) in [6.45, 7) is 7.03. The maximum Gasteiger partial charge on any atom is 0.305 e. The molecule has 2 bridgehead atoms. The largest absolute Gasteiger partial charge is 0.469 e. The Morgan fingerprint density at radius 2 is 1.97 bits per heavy atom. The number of hydrogen-bond donors (Lipinski definition) is 0. The van der Waals surface area contributed by atoms with E-state index in [0.29, 0.717) is 48.2 Å². The van der Waals surface area contributed by atoms with Crippen molar-refractivity contribution in [3.8, 4) is 0 Å². The van der Waals surface area contributed by atoms with Gasteiger partial charge in [0.2, 0.25) is 0 Å². The van der Waals surface area contributed by atoms with Gasteiger partial charge >= 0.3 is 5.97 Å². The molecule has 2 aliphatic heterocycles. The van der Waals surface area contributed by atoms with E-state index >= 15 is 0 Å². The molecule has 164 valence electrons. The lowest BCUT2D eigenvalue weighted by atomic mass is 9.52.